The molecule has 28 heavy (non-hydrogen) atoms. The zero-order valence-corrected chi connectivity index (χ0v) is 18.9. The van der Waals surface area contributed by atoms with Crippen molar-refractivity contribution >= 4 is 11.9 Å². The number of hydrogen-bond acceptors (Lipinski definition) is 2. The number of hydrogen-bond donors (Lipinski definition) is 1. The molecule has 0 radical (unpaired) electrons. The molecule has 4 heteroatoms. The van der Waals surface area contributed by atoms with E-state index < -0.39 is 5.97 Å². The highest BCUT2D eigenvalue weighted by Crippen LogP contribution is 2.14. The Labute approximate surface area is 174 Å². The summed E-state index contributed by atoms with van der Waals surface area (Å²) in [5, 5.41) is 8.94. The maximum atomic E-state index is 12.2. The number of carboxylic acid groups (broad SMARTS) is 1. The second kappa shape index (κ2) is 20.7. The molecule has 0 aromatic carbocycles. The van der Waals surface area contributed by atoms with Gasteiger partial charge in [-0.15, -0.1) is 0 Å². The van der Waals surface area contributed by atoms with E-state index in [1.54, 1.807) is 0 Å². The van der Waals surface area contributed by atoms with Crippen LogP contribution in [0.1, 0.15) is 129 Å². The molecule has 4 nitrogen and oxygen atoms in total. The molecule has 0 atom stereocenters. The highest BCUT2D eigenvalue weighted by molar-refractivity contribution is 5.81. The van der Waals surface area contributed by atoms with Gasteiger partial charge in [-0.25, -0.2) is 0 Å². The van der Waals surface area contributed by atoms with Crippen LogP contribution < -0.4 is 0 Å². The highest BCUT2D eigenvalue weighted by Gasteiger charge is 2.15. The smallest absolute Gasteiger partial charge is 0.323 e. The molecule has 0 rings (SSSR count). The van der Waals surface area contributed by atoms with Crippen LogP contribution in [0.5, 0.6) is 0 Å². The van der Waals surface area contributed by atoms with Crippen molar-refractivity contribution in [3.05, 3.63) is 0 Å². The maximum Gasteiger partial charge on any atom is 0.323 e. The molecule has 1 amide bonds. The van der Waals surface area contributed by atoms with Crippen LogP contribution in [0.25, 0.3) is 0 Å². The van der Waals surface area contributed by atoms with Gasteiger partial charge in [-0.1, -0.05) is 110 Å². The van der Waals surface area contributed by atoms with E-state index in [1.807, 2.05) is 0 Å². The molecule has 166 valence electrons. The van der Waals surface area contributed by atoms with Crippen LogP contribution >= 0.6 is 0 Å². The number of carbonyl (C=O) groups excluding carboxylic acids is 1. The summed E-state index contributed by atoms with van der Waals surface area (Å²) >= 11 is 0. The average molecular weight is 398 g/mol. The van der Waals surface area contributed by atoms with Crippen LogP contribution in [0.4, 0.5) is 0 Å². The van der Waals surface area contributed by atoms with Crippen LogP contribution in [0.2, 0.25) is 0 Å². The molecule has 0 aromatic heterocycles. The summed E-state index contributed by atoms with van der Waals surface area (Å²) in [4.78, 5) is 24.6. The molecule has 0 heterocycles. The molecule has 0 aliphatic carbocycles. The number of rotatable bonds is 21. The lowest BCUT2D eigenvalue weighted by molar-refractivity contribution is -0.144. The van der Waals surface area contributed by atoms with Crippen molar-refractivity contribution in [2.24, 2.45) is 0 Å². The Hall–Kier alpha value is -1.06. The van der Waals surface area contributed by atoms with E-state index in [0.29, 0.717) is 13.0 Å². The first-order chi connectivity index (χ1) is 13.6. The lowest BCUT2D eigenvalue weighted by Gasteiger charge is -2.20. The van der Waals surface area contributed by atoms with Crippen molar-refractivity contribution in [2.75, 3.05) is 13.1 Å². The molecule has 0 aliphatic heterocycles. The minimum atomic E-state index is -0.916. The van der Waals surface area contributed by atoms with Gasteiger partial charge in [-0.05, 0) is 12.8 Å². The summed E-state index contributed by atoms with van der Waals surface area (Å²) in [6.45, 7) is 4.74. The van der Waals surface area contributed by atoms with Crippen LogP contribution in [-0.2, 0) is 9.59 Å². The SMILES string of the molecule is CCCCCCCCCCCCCCCCCC(=O)N(CCCC)CC(=O)O. The van der Waals surface area contributed by atoms with Gasteiger partial charge in [0, 0.05) is 13.0 Å². The Morgan fingerprint density at radius 3 is 1.39 bits per heavy atom. The van der Waals surface area contributed by atoms with Gasteiger partial charge in [0.2, 0.25) is 5.91 Å². The first kappa shape index (κ1) is 26.9. The summed E-state index contributed by atoms with van der Waals surface area (Å²) in [6.07, 6.45) is 22.0. The van der Waals surface area contributed by atoms with Gasteiger partial charge < -0.3 is 10.0 Å². The number of unbranched alkanes of at least 4 members (excludes halogenated alkanes) is 15. The molecule has 1 N–H and O–H groups in total. The van der Waals surface area contributed by atoms with Gasteiger partial charge in [0.1, 0.15) is 6.54 Å². The van der Waals surface area contributed by atoms with Gasteiger partial charge in [-0.3, -0.25) is 9.59 Å². The predicted octanol–water partition coefficient (Wildman–Crippen LogP) is 6.96. The molecular formula is C24H47NO3. The standard InChI is InChI=1S/C24H47NO3/c1-3-5-7-8-9-10-11-12-13-14-15-16-17-18-19-20-23(26)25(21-6-4-2)22-24(27)28/h3-22H2,1-2H3,(H,27,28). The lowest BCUT2D eigenvalue weighted by Crippen LogP contribution is -2.36. The third-order valence-corrected chi connectivity index (χ3v) is 5.45. The Morgan fingerprint density at radius 1 is 0.607 bits per heavy atom. The van der Waals surface area contributed by atoms with E-state index in [4.69, 9.17) is 5.11 Å². The summed E-state index contributed by atoms with van der Waals surface area (Å²) < 4.78 is 0. The van der Waals surface area contributed by atoms with E-state index in [-0.39, 0.29) is 12.5 Å². The normalized spacial score (nSPS) is 10.9. The minimum absolute atomic E-state index is 0.00513. The first-order valence-electron chi connectivity index (χ1n) is 12.1. The number of carbonyl (C=O) groups is 2. The molecule has 0 saturated heterocycles. The van der Waals surface area contributed by atoms with Crippen LogP contribution in [0.3, 0.4) is 0 Å². The molecule has 0 fully saturated rings. The van der Waals surface area contributed by atoms with Crippen molar-refractivity contribution in [2.45, 2.75) is 129 Å². The quantitative estimate of drug-likeness (QED) is 0.213. The number of aliphatic carboxylic acids is 1. The third kappa shape index (κ3) is 18.3. The van der Waals surface area contributed by atoms with Crippen LogP contribution in [-0.4, -0.2) is 35.0 Å². The Bertz CT molecular complexity index is 371. The zero-order valence-electron chi connectivity index (χ0n) is 18.9. The van der Waals surface area contributed by atoms with Crippen LogP contribution in [0.15, 0.2) is 0 Å². The number of nitrogens with zero attached hydrogens (tertiary/aromatic N) is 1. The molecule has 0 saturated carbocycles. The van der Waals surface area contributed by atoms with Gasteiger partial charge in [0.05, 0.1) is 0 Å². The number of amides is 1. The maximum absolute atomic E-state index is 12.2. The van der Waals surface area contributed by atoms with Crippen molar-refractivity contribution in [3.63, 3.8) is 0 Å². The third-order valence-electron chi connectivity index (χ3n) is 5.45. The monoisotopic (exact) mass is 397 g/mol. The fourth-order valence-corrected chi connectivity index (χ4v) is 3.61. The van der Waals surface area contributed by atoms with Crippen molar-refractivity contribution in [1.29, 1.82) is 0 Å². The molecule has 0 spiro atoms. The topological polar surface area (TPSA) is 57.6 Å². The van der Waals surface area contributed by atoms with E-state index in [9.17, 15) is 9.59 Å². The average Bonchev–Trinajstić information content (AvgIpc) is 2.67. The Kier molecular flexibility index (Phi) is 19.9. The second-order valence-corrected chi connectivity index (χ2v) is 8.26. The predicted molar refractivity (Wildman–Crippen MR) is 119 cm³/mol. The summed E-state index contributed by atoms with van der Waals surface area (Å²) in [6, 6.07) is 0. The number of carboxylic acids is 1. The van der Waals surface area contributed by atoms with E-state index in [1.165, 1.54) is 88.4 Å². The highest BCUT2D eigenvalue weighted by atomic mass is 16.4. The van der Waals surface area contributed by atoms with Crippen LogP contribution in [0, 0.1) is 0 Å². The first-order valence-corrected chi connectivity index (χ1v) is 12.1. The fourth-order valence-electron chi connectivity index (χ4n) is 3.61. The Balaban J connectivity index is 3.45. The summed E-state index contributed by atoms with van der Waals surface area (Å²) in [7, 11) is 0. The van der Waals surface area contributed by atoms with Crippen molar-refractivity contribution in [1.82, 2.24) is 4.90 Å². The van der Waals surface area contributed by atoms with E-state index in [0.717, 1.165) is 25.7 Å². The Morgan fingerprint density at radius 2 is 1.00 bits per heavy atom. The zero-order chi connectivity index (χ0) is 20.9. The van der Waals surface area contributed by atoms with Crippen molar-refractivity contribution < 1.29 is 14.7 Å². The van der Waals surface area contributed by atoms with Gasteiger partial charge in [0.25, 0.3) is 0 Å². The molecule has 0 aliphatic rings. The molecular weight excluding hydrogens is 350 g/mol. The minimum Gasteiger partial charge on any atom is -0.480 e. The fraction of sp³-hybridized carbons (Fsp3) is 0.917. The lowest BCUT2D eigenvalue weighted by atomic mass is 10.0. The van der Waals surface area contributed by atoms with E-state index >= 15 is 0 Å². The van der Waals surface area contributed by atoms with Gasteiger partial charge >= 0.3 is 5.97 Å². The molecule has 0 bridgehead atoms. The van der Waals surface area contributed by atoms with Gasteiger partial charge in [-0.2, -0.15) is 0 Å². The molecule has 0 unspecified atom stereocenters. The van der Waals surface area contributed by atoms with E-state index in [2.05, 4.69) is 13.8 Å². The van der Waals surface area contributed by atoms with Crippen molar-refractivity contribution in [3.8, 4) is 0 Å². The summed E-state index contributed by atoms with van der Waals surface area (Å²) in [5.74, 6) is -0.911. The molecule has 0 aromatic rings. The van der Waals surface area contributed by atoms with Gasteiger partial charge in [0.15, 0.2) is 0 Å². The second-order valence-electron chi connectivity index (χ2n) is 8.26. The largest absolute Gasteiger partial charge is 0.480 e. The summed E-state index contributed by atoms with van der Waals surface area (Å²) in [5.41, 5.74) is 0.